The van der Waals surface area contributed by atoms with Crippen molar-refractivity contribution < 1.29 is 4.79 Å². The van der Waals surface area contributed by atoms with Gasteiger partial charge in [0.15, 0.2) is 5.96 Å². The number of carbonyl (C=O) groups excluding carboxylic acids is 1. The van der Waals surface area contributed by atoms with Crippen LogP contribution in [0.1, 0.15) is 21.5 Å². The van der Waals surface area contributed by atoms with E-state index in [0.717, 1.165) is 33.3 Å². The molecule has 3 aromatic rings. The lowest BCUT2D eigenvalue weighted by atomic mass is 9.98. The minimum absolute atomic E-state index is 0.379. The largest absolute Gasteiger partial charge is 0.370 e. The van der Waals surface area contributed by atoms with Gasteiger partial charge in [-0.25, -0.2) is 4.98 Å². The molecule has 0 spiro atoms. The van der Waals surface area contributed by atoms with E-state index in [1.54, 1.807) is 6.07 Å². The van der Waals surface area contributed by atoms with Gasteiger partial charge in [-0.15, -0.1) is 0 Å². The Hall–Kier alpha value is -3.21. The van der Waals surface area contributed by atoms with Crippen LogP contribution in [0.4, 0.5) is 0 Å². The van der Waals surface area contributed by atoms with Crippen LogP contribution in [0, 0.1) is 19.3 Å². The molecule has 0 aliphatic heterocycles. The lowest BCUT2D eigenvalue weighted by Gasteiger charge is -2.13. The number of fused-ring (bicyclic) bond motifs is 1. The third kappa shape index (κ3) is 2.84. The third-order valence-electron chi connectivity index (χ3n) is 3.96. The number of amides is 1. The van der Waals surface area contributed by atoms with Gasteiger partial charge in [-0.2, -0.15) is 0 Å². The van der Waals surface area contributed by atoms with Crippen molar-refractivity contribution in [1.82, 2.24) is 10.3 Å². The van der Waals surface area contributed by atoms with Gasteiger partial charge in [-0.1, -0.05) is 36.4 Å². The number of pyridine rings is 1. The Bertz CT molecular complexity index is 963. The number of nitrogens with one attached hydrogen (secondary N) is 2. The second kappa shape index (κ2) is 6.12. The smallest absolute Gasteiger partial charge is 0.258 e. The molecule has 4 N–H and O–H groups in total. The van der Waals surface area contributed by atoms with Crippen LogP contribution in [0.3, 0.4) is 0 Å². The minimum Gasteiger partial charge on any atom is -0.370 e. The summed E-state index contributed by atoms with van der Waals surface area (Å²) in [4.78, 5) is 17.3. The highest BCUT2D eigenvalue weighted by atomic mass is 16.1. The first-order valence-corrected chi connectivity index (χ1v) is 7.59. The molecule has 0 atom stereocenters. The highest BCUT2D eigenvalue weighted by molar-refractivity contribution is 6.13. The highest BCUT2D eigenvalue weighted by Crippen LogP contribution is 2.28. The van der Waals surface area contributed by atoms with Crippen molar-refractivity contribution in [1.29, 1.82) is 5.41 Å². The van der Waals surface area contributed by atoms with Gasteiger partial charge in [-0.3, -0.25) is 15.5 Å². The lowest BCUT2D eigenvalue weighted by molar-refractivity contribution is 0.0978. The summed E-state index contributed by atoms with van der Waals surface area (Å²) >= 11 is 0. The molecule has 0 radical (unpaired) electrons. The summed E-state index contributed by atoms with van der Waals surface area (Å²) in [5, 5.41) is 10.5. The van der Waals surface area contributed by atoms with E-state index in [2.05, 4.69) is 5.32 Å². The molecule has 0 unspecified atom stereocenters. The molecule has 0 fully saturated rings. The van der Waals surface area contributed by atoms with Gasteiger partial charge in [0.1, 0.15) is 0 Å². The molecule has 0 aliphatic rings. The van der Waals surface area contributed by atoms with Crippen LogP contribution in [0.15, 0.2) is 48.5 Å². The molecule has 120 valence electrons. The van der Waals surface area contributed by atoms with E-state index in [9.17, 15) is 4.79 Å². The van der Waals surface area contributed by atoms with Crippen LogP contribution in [-0.2, 0) is 0 Å². The third-order valence-corrected chi connectivity index (χ3v) is 3.96. The molecular weight excluding hydrogens is 300 g/mol. The number of aryl methyl sites for hydroxylation is 2. The van der Waals surface area contributed by atoms with Gasteiger partial charge in [-0.05, 0) is 37.1 Å². The van der Waals surface area contributed by atoms with Crippen molar-refractivity contribution in [2.75, 3.05) is 0 Å². The first-order chi connectivity index (χ1) is 11.5. The zero-order valence-electron chi connectivity index (χ0n) is 13.6. The number of nitrogens with zero attached hydrogens (tertiary/aromatic N) is 1. The summed E-state index contributed by atoms with van der Waals surface area (Å²) in [6.07, 6.45) is 0. The van der Waals surface area contributed by atoms with Crippen molar-refractivity contribution in [3.63, 3.8) is 0 Å². The van der Waals surface area contributed by atoms with Crippen LogP contribution in [0.5, 0.6) is 0 Å². The minimum atomic E-state index is -0.404. The summed E-state index contributed by atoms with van der Waals surface area (Å²) in [5.41, 5.74) is 10.2. The van der Waals surface area contributed by atoms with Crippen LogP contribution in [0.2, 0.25) is 0 Å². The molecular formula is C19H18N4O. The van der Waals surface area contributed by atoms with E-state index in [1.165, 1.54) is 0 Å². The van der Waals surface area contributed by atoms with E-state index in [1.807, 2.05) is 56.3 Å². The maximum Gasteiger partial charge on any atom is 0.258 e. The Morgan fingerprint density at radius 2 is 1.79 bits per heavy atom. The molecule has 2 aromatic carbocycles. The quantitative estimate of drug-likeness (QED) is 0.500. The molecule has 3 rings (SSSR count). The molecule has 0 saturated carbocycles. The maximum absolute atomic E-state index is 12.5. The molecule has 1 heterocycles. The van der Waals surface area contributed by atoms with E-state index in [-0.39, 0.29) is 5.96 Å². The molecule has 0 bridgehead atoms. The standard InChI is InChI=1S/C19H18N4O/c1-11-6-3-4-8-13(11)16-10-14(18(24)23-19(20)21)17-12(2)7-5-9-15(17)22-16/h3-10H,1-2H3,(H4,20,21,23,24). The zero-order chi connectivity index (χ0) is 17.3. The fourth-order valence-corrected chi connectivity index (χ4v) is 2.83. The van der Waals surface area contributed by atoms with Crippen molar-refractivity contribution >= 4 is 22.8 Å². The molecule has 5 heteroatoms. The first-order valence-electron chi connectivity index (χ1n) is 7.59. The number of nitrogens with two attached hydrogens (primary N) is 1. The monoisotopic (exact) mass is 318 g/mol. The summed E-state index contributed by atoms with van der Waals surface area (Å²) in [6, 6.07) is 15.4. The van der Waals surface area contributed by atoms with Gasteiger partial charge >= 0.3 is 0 Å². The Balaban J connectivity index is 2.29. The summed E-state index contributed by atoms with van der Waals surface area (Å²) in [6.45, 7) is 3.94. The number of carbonyl (C=O) groups is 1. The maximum atomic E-state index is 12.5. The zero-order valence-corrected chi connectivity index (χ0v) is 13.6. The van der Waals surface area contributed by atoms with E-state index in [4.69, 9.17) is 16.1 Å². The fraction of sp³-hybridized carbons (Fsp3) is 0.105. The van der Waals surface area contributed by atoms with Gasteiger partial charge in [0, 0.05) is 10.9 Å². The van der Waals surface area contributed by atoms with Crippen LogP contribution in [-0.4, -0.2) is 16.9 Å². The fourth-order valence-electron chi connectivity index (χ4n) is 2.83. The highest BCUT2D eigenvalue weighted by Gasteiger charge is 2.16. The van der Waals surface area contributed by atoms with Gasteiger partial charge < -0.3 is 5.73 Å². The van der Waals surface area contributed by atoms with E-state index >= 15 is 0 Å². The summed E-state index contributed by atoms with van der Waals surface area (Å²) in [5.74, 6) is -0.782. The number of hydrogen-bond acceptors (Lipinski definition) is 3. The van der Waals surface area contributed by atoms with E-state index in [0.29, 0.717) is 5.56 Å². The van der Waals surface area contributed by atoms with Crippen molar-refractivity contribution in [3.05, 3.63) is 65.2 Å². The molecule has 5 nitrogen and oxygen atoms in total. The first kappa shape index (κ1) is 15.7. The molecule has 0 aliphatic carbocycles. The van der Waals surface area contributed by atoms with Gasteiger partial charge in [0.25, 0.3) is 5.91 Å². The van der Waals surface area contributed by atoms with Crippen molar-refractivity contribution in [2.24, 2.45) is 5.73 Å². The summed E-state index contributed by atoms with van der Waals surface area (Å²) < 4.78 is 0. The van der Waals surface area contributed by atoms with Crippen LogP contribution >= 0.6 is 0 Å². The predicted molar refractivity (Wildman–Crippen MR) is 96.0 cm³/mol. The van der Waals surface area contributed by atoms with Gasteiger partial charge in [0.2, 0.25) is 0 Å². The average Bonchev–Trinajstić information content (AvgIpc) is 2.54. The molecule has 1 aromatic heterocycles. The molecule has 1 amide bonds. The van der Waals surface area contributed by atoms with Crippen molar-refractivity contribution in [3.8, 4) is 11.3 Å². The second-order valence-corrected chi connectivity index (χ2v) is 5.71. The Kier molecular flexibility index (Phi) is 4.00. The Labute approximate surface area is 140 Å². The average molecular weight is 318 g/mol. The SMILES string of the molecule is Cc1ccccc1-c1cc(C(=O)NC(=N)N)c2c(C)cccc2n1. The predicted octanol–water partition coefficient (Wildman–Crippen LogP) is 3.14. The number of guanidine groups is 1. The number of rotatable bonds is 2. The normalized spacial score (nSPS) is 10.6. The number of aromatic nitrogens is 1. The van der Waals surface area contributed by atoms with E-state index < -0.39 is 5.91 Å². The van der Waals surface area contributed by atoms with Crippen molar-refractivity contribution in [2.45, 2.75) is 13.8 Å². The Morgan fingerprint density at radius 3 is 2.50 bits per heavy atom. The number of benzene rings is 2. The Morgan fingerprint density at radius 1 is 1.08 bits per heavy atom. The molecule has 24 heavy (non-hydrogen) atoms. The number of hydrogen-bond donors (Lipinski definition) is 3. The van der Waals surface area contributed by atoms with Crippen LogP contribution < -0.4 is 11.1 Å². The second-order valence-electron chi connectivity index (χ2n) is 5.71. The molecule has 0 saturated heterocycles. The topological polar surface area (TPSA) is 91.9 Å². The lowest BCUT2D eigenvalue weighted by Crippen LogP contribution is -2.35. The summed E-state index contributed by atoms with van der Waals surface area (Å²) in [7, 11) is 0. The van der Waals surface area contributed by atoms with Crippen LogP contribution in [0.25, 0.3) is 22.2 Å². The van der Waals surface area contributed by atoms with Gasteiger partial charge in [0.05, 0.1) is 16.8 Å².